The molecule has 5 rings (SSSR count). The average Bonchev–Trinajstić information content (AvgIpc) is 2.98. The molecule has 0 saturated carbocycles. The van der Waals surface area contributed by atoms with Crippen LogP contribution in [-0.2, 0) is 12.8 Å². The molecule has 2 amide bonds. The highest BCUT2D eigenvalue weighted by molar-refractivity contribution is 5.75. The van der Waals surface area contributed by atoms with E-state index in [4.69, 9.17) is 18.9 Å². The van der Waals surface area contributed by atoms with Gasteiger partial charge in [-0.1, -0.05) is 13.3 Å². The fraction of sp³-hybridized carbons (Fsp3) is 0.594. The monoisotopic (exact) mass is 551 g/mol. The maximum Gasteiger partial charge on any atom is 0.320 e. The van der Waals surface area contributed by atoms with Crippen molar-refractivity contribution in [2.45, 2.75) is 51.1 Å². The van der Waals surface area contributed by atoms with Crippen molar-refractivity contribution in [3.8, 4) is 23.0 Å². The van der Waals surface area contributed by atoms with Crippen molar-refractivity contribution >= 4 is 6.03 Å². The second kappa shape index (κ2) is 11.8. The van der Waals surface area contributed by atoms with Crippen LogP contribution < -0.4 is 18.9 Å². The number of amides is 2. The van der Waals surface area contributed by atoms with E-state index in [0.29, 0.717) is 24.4 Å². The van der Waals surface area contributed by atoms with E-state index in [1.807, 2.05) is 14.1 Å². The van der Waals surface area contributed by atoms with Crippen molar-refractivity contribution in [3.05, 3.63) is 46.5 Å². The van der Waals surface area contributed by atoms with Gasteiger partial charge < -0.3 is 28.7 Å². The molecule has 0 N–H and O–H groups in total. The quantitative estimate of drug-likeness (QED) is 0.463. The third kappa shape index (κ3) is 5.06. The van der Waals surface area contributed by atoms with Gasteiger partial charge in [0.25, 0.3) is 0 Å². The number of urea groups is 1. The summed E-state index contributed by atoms with van der Waals surface area (Å²) in [6.07, 6.45) is 4.94. The van der Waals surface area contributed by atoms with Crippen molar-refractivity contribution in [2.75, 3.05) is 62.2 Å². The van der Waals surface area contributed by atoms with Gasteiger partial charge in [-0.15, -0.1) is 0 Å². The van der Waals surface area contributed by atoms with Gasteiger partial charge in [0.05, 0.1) is 34.5 Å². The molecule has 8 nitrogen and oxygen atoms in total. The van der Waals surface area contributed by atoms with Gasteiger partial charge in [0.15, 0.2) is 23.0 Å². The first kappa shape index (κ1) is 28.4. The van der Waals surface area contributed by atoms with Gasteiger partial charge in [-0.2, -0.15) is 0 Å². The zero-order valence-electron chi connectivity index (χ0n) is 25.2. The number of rotatable bonds is 7. The Balaban J connectivity index is 1.51. The molecule has 218 valence electrons. The highest BCUT2D eigenvalue weighted by Gasteiger charge is 2.42. The van der Waals surface area contributed by atoms with E-state index in [2.05, 4.69) is 41.0 Å². The molecule has 40 heavy (non-hydrogen) atoms. The van der Waals surface area contributed by atoms with E-state index in [9.17, 15) is 4.79 Å². The molecule has 0 bridgehead atoms. The highest BCUT2D eigenvalue weighted by atomic mass is 16.5. The molecule has 2 aromatic carbocycles. The largest absolute Gasteiger partial charge is 0.493 e. The Hall–Kier alpha value is -3.13. The minimum atomic E-state index is -0.0162. The molecule has 3 heterocycles. The topological polar surface area (TPSA) is 63.7 Å². The molecule has 3 aliphatic rings. The standard InChI is InChI=1S/C32H45N3O5/c1-8-20-19-34-11-9-21-15-28(37-4)30(39-6)17-24(21)26(34)13-23(20)14-27-25-18-31(40-7)29(38-5)16-22(25)10-12-35(27)32(36)33(2)3/h15-18,20,23,26-27H,8-14,19H2,1-7H3/t20-,23+,26-,27+/m0/s1. The first-order chi connectivity index (χ1) is 19.3. The third-order valence-electron chi connectivity index (χ3n) is 9.46. The van der Waals surface area contributed by atoms with Crippen LogP contribution in [0.15, 0.2) is 24.3 Å². The van der Waals surface area contributed by atoms with Gasteiger partial charge in [-0.3, -0.25) is 4.90 Å². The minimum absolute atomic E-state index is 0.0162. The number of ether oxygens (including phenoxy) is 4. The lowest BCUT2D eigenvalue weighted by Crippen LogP contribution is -2.49. The fourth-order valence-corrected chi connectivity index (χ4v) is 7.31. The number of methoxy groups -OCH3 is 4. The van der Waals surface area contributed by atoms with E-state index in [0.717, 1.165) is 68.2 Å². The van der Waals surface area contributed by atoms with E-state index in [-0.39, 0.29) is 12.1 Å². The maximum atomic E-state index is 13.5. The van der Waals surface area contributed by atoms with E-state index in [1.54, 1.807) is 33.3 Å². The first-order valence-corrected chi connectivity index (χ1v) is 14.5. The molecule has 0 aliphatic carbocycles. The zero-order chi connectivity index (χ0) is 28.6. The van der Waals surface area contributed by atoms with Crippen molar-refractivity contribution in [1.29, 1.82) is 0 Å². The van der Waals surface area contributed by atoms with Gasteiger partial charge in [0.1, 0.15) is 0 Å². The number of piperidine rings is 1. The maximum absolute atomic E-state index is 13.5. The molecule has 2 aromatic rings. The van der Waals surface area contributed by atoms with E-state index in [1.165, 1.54) is 22.3 Å². The predicted octanol–water partition coefficient (Wildman–Crippen LogP) is 5.34. The molecule has 1 fully saturated rings. The molecule has 1 saturated heterocycles. The predicted molar refractivity (Wildman–Crippen MR) is 156 cm³/mol. The van der Waals surface area contributed by atoms with Crippen LogP contribution in [0.25, 0.3) is 0 Å². The molecule has 8 heteroatoms. The average molecular weight is 552 g/mol. The normalized spacial score (nSPS) is 23.9. The van der Waals surface area contributed by atoms with Crippen LogP contribution in [0.4, 0.5) is 4.79 Å². The SMILES string of the molecule is CC[C@H]1CN2CCc3cc(OC)c(OC)cc3[C@@H]2C[C@@H]1C[C@@H]1c2cc(OC)c(OC)cc2CCN1C(=O)N(C)C. The van der Waals surface area contributed by atoms with Crippen LogP contribution in [0.2, 0.25) is 0 Å². The van der Waals surface area contributed by atoms with Gasteiger partial charge in [0, 0.05) is 39.8 Å². The Morgan fingerprint density at radius 1 is 0.825 bits per heavy atom. The lowest BCUT2D eigenvalue weighted by atomic mass is 9.72. The summed E-state index contributed by atoms with van der Waals surface area (Å²) in [6.45, 7) is 5.15. The van der Waals surface area contributed by atoms with Crippen molar-refractivity contribution < 1.29 is 23.7 Å². The number of benzene rings is 2. The number of hydrogen-bond acceptors (Lipinski definition) is 6. The Kier molecular flexibility index (Phi) is 8.36. The van der Waals surface area contributed by atoms with Crippen LogP contribution in [0.1, 0.15) is 60.5 Å². The fourth-order valence-electron chi connectivity index (χ4n) is 7.31. The number of hydrogen-bond donors (Lipinski definition) is 0. The lowest BCUT2D eigenvalue weighted by molar-refractivity contribution is 0.0336. The van der Waals surface area contributed by atoms with Crippen molar-refractivity contribution in [3.63, 3.8) is 0 Å². The van der Waals surface area contributed by atoms with Gasteiger partial charge in [0.2, 0.25) is 0 Å². The smallest absolute Gasteiger partial charge is 0.320 e. The van der Waals surface area contributed by atoms with Crippen LogP contribution >= 0.6 is 0 Å². The highest BCUT2D eigenvalue weighted by Crippen LogP contribution is 2.49. The molecule has 0 radical (unpaired) electrons. The molecular weight excluding hydrogens is 506 g/mol. The van der Waals surface area contributed by atoms with Crippen LogP contribution in [0, 0.1) is 11.8 Å². The zero-order valence-corrected chi connectivity index (χ0v) is 25.2. The lowest BCUT2D eigenvalue weighted by Gasteiger charge is -2.49. The van der Waals surface area contributed by atoms with Gasteiger partial charge >= 0.3 is 6.03 Å². The number of carbonyl (C=O) groups is 1. The molecule has 0 spiro atoms. The summed E-state index contributed by atoms with van der Waals surface area (Å²) in [5.41, 5.74) is 5.15. The van der Waals surface area contributed by atoms with E-state index >= 15 is 0 Å². The van der Waals surface area contributed by atoms with E-state index < -0.39 is 0 Å². The second-order valence-electron chi connectivity index (χ2n) is 11.6. The van der Waals surface area contributed by atoms with Crippen LogP contribution in [0.5, 0.6) is 23.0 Å². The summed E-state index contributed by atoms with van der Waals surface area (Å²) in [7, 11) is 10.5. The summed E-state index contributed by atoms with van der Waals surface area (Å²) < 4.78 is 22.7. The summed E-state index contributed by atoms with van der Waals surface area (Å²) in [5.74, 6) is 4.09. The number of carbonyl (C=O) groups excluding carboxylic acids is 1. The number of fused-ring (bicyclic) bond motifs is 4. The van der Waals surface area contributed by atoms with Crippen molar-refractivity contribution in [1.82, 2.24) is 14.7 Å². The Bertz CT molecular complexity index is 1230. The first-order valence-electron chi connectivity index (χ1n) is 14.5. The number of nitrogens with zero attached hydrogens (tertiary/aromatic N) is 3. The van der Waals surface area contributed by atoms with Gasteiger partial charge in [-0.05, 0) is 84.0 Å². The van der Waals surface area contributed by atoms with Crippen LogP contribution in [-0.4, -0.2) is 82.9 Å². The molecule has 3 aliphatic heterocycles. The molecule has 4 atom stereocenters. The molecule has 0 unspecified atom stereocenters. The second-order valence-corrected chi connectivity index (χ2v) is 11.6. The summed E-state index contributed by atoms with van der Waals surface area (Å²) in [5, 5.41) is 0. The Labute approximate surface area is 239 Å². The van der Waals surface area contributed by atoms with Gasteiger partial charge in [-0.25, -0.2) is 4.79 Å². The Morgan fingerprint density at radius 2 is 1.38 bits per heavy atom. The Morgan fingerprint density at radius 3 is 1.95 bits per heavy atom. The third-order valence-corrected chi connectivity index (χ3v) is 9.46. The molecular formula is C32H45N3O5. The summed E-state index contributed by atoms with van der Waals surface area (Å²) in [6, 6.07) is 8.97. The van der Waals surface area contributed by atoms with Crippen LogP contribution in [0.3, 0.4) is 0 Å². The molecule has 0 aromatic heterocycles. The minimum Gasteiger partial charge on any atom is -0.493 e. The summed E-state index contributed by atoms with van der Waals surface area (Å²) in [4.78, 5) is 19.9. The summed E-state index contributed by atoms with van der Waals surface area (Å²) >= 11 is 0. The van der Waals surface area contributed by atoms with Crippen molar-refractivity contribution in [2.24, 2.45) is 11.8 Å².